The Labute approximate surface area is 109 Å². The van der Waals surface area contributed by atoms with Crippen molar-refractivity contribution in [1.29, 1.82) is 0 Å². The van der Waals surface area contributed by atoms with E-state index in [0.29, 0.717) is 11.3 Å². The maximum atomic E-state index is 11.5. The van der Waals surface area contributed by atoms with Gasteiger partial charge >= 0.3 is 5.97 Å². The van der Waals surface area contributed by atoms with Crippen LogP contribution in [0.25, 0.3) is 0 Å². The second-order valence-electron chi connectivity index (χ2n) is 3.77. The van der Waals surface area contributed by atoms with Gasteiger partial charge in [0.1, 0.15) is 5.75 Å². The third-order valence-corrected chi connectivity index (χ3v) is 3.89. The molecule has 1 aliphatic heterocycles. The van der Waals surface area contributed by atoms with Crippen molar-refractivity contribution in [2.45, 2.75) is 24.3 Å². The van der Waals surface area contributed by atoms with Crippen LogP contribution in [-0.2, 0) is 25.0 Å². The molecule has 0 spiro atoms. The number of rotatable bonds is 3. The molecule has 0 N–H and O–H groups in total. The summed E-state index contributed by atoms with van der Waals surface area (Å²) < 4.78 is 32.6. The van der Waals surface area contributed by atoms with Gasteiger partial charge in [-0.1, -0.05) is 0 Å². The Morgan fingerprint density at radius 2 is 2.28 bits per heavy atom. The molecule has 1 heterocycles. The van der Waals surface area contributed by atoms with Crippen LogP contribution in [0.15, 0.2) is 23.1 Å². The molecule has 0 amide bonds. The van der Waals surface area contributed by atoms with E-state index in [4.69, 9.17) is 20.2 Å². The minimum atomic E-state index is -3.77. The lowest BCUT2D eigenvalue weighted by Crippen LogP contribution is -2.27. The molecule has 0 saturated carbocycles. The summed E-state index contributed by atoms with van der Waals surface area (Å²) in [6.07, 6.45) is -0.428. The standard InChI is InChI=1S/C11H11ClO5S/c1-2-16-11(13)10-6-7-5-8(18(12,14)15)3-4-9(7)17-10/h3-5,10H,2,6H2,1H3/t10-/m1/s1. The van der Waals surface area contributed by atoms with Gasteiger partial charge in [-0.15, -0.1) is 0 Å². The molecule has 1 aromatic carbocycles. The first kappa shape index (κ1) is 13.2. The molecular formula is C11H11ClO5S. The molecule has 0 saturated heterocycles. The van der Waals surface area contributed by atoms with Crippen LogP contribution in [0.3, 0.4) is 0 Å². The highest BCUT2D eigenvalue weighted by molar-refractivity contribution is 8.13. The van der Waals surface area contributed by atoms with Crippen molar-refractivity contribution in [1.82, 2.24) is 0 Å². The summed E-state index contributed by atoms with van der Waals surface area (Å²) in [5, 5.41) is 0. The summed E-state index contributed by atoms with van der Waals surface area (Å²) in [6.45, 7) is 1.98. The van der Waals surface area contributed by atoms with Gasteiger partial charge in [-0.05, 0) is 30.7 Å². The molecule has 5 nitrogen and oxygen atoms in total. The van der Waals surface area contributed by atoms with Crippen molar-refractivity contribution in [3.05, 3.63) is 23.8 Å². The molecule has 18 heavy (non-hydrogen) atoms. The topological polar surface area (TPSA) is 69.7 Å². The maximum absolute atomic E-state index is 11.5. The Hall–Kier alpha value is -1.27. The normalized spacial score (nSPS) is 18.0. The highest BCUT2D eigenvalue weighted by Gasteiger charge is 2.31. The lowest BCUT2D eigenvalue weighted by Gasteiger charge is -2.08. The van der Waals surface area contributed by atoms with Gasteiger partial charge < -0.3 is 9.47 Å². The van der Waals surface area contributed by atoms with Crippen molar-refractivity contribution in [3.63, 3.8) is 0 Å². The maximum Gasteiger partial charge on any atom is 0.347 e. The van der Waals surface area contributed by atoms with E-state index in [2.05, 4.69) is 0 Å². The average molecular weight is 291 g/mol. The van der Waals surface area contributed by atoms with Crippen LogP contribution in [0, 0.1) is 0 Å². The molecule has 0 radical (unpaired) electrons. The van der Waals surface area contributed by atoms with Gasteiger partial charge in [-0.25, -0.2) is 13.2 Å². The van der Waals surface area contributed by atoms with E-state index in [1.807, 2.05) is 0 Å². The number of benzene rings is 1. The number of carbonyl (C=O) groups excluding carboxylic acids is 1. The predicted octanol–water partition coefficient (Wildman–Crippen LogP) is 1.48. The Morgan fingerprint density at radius 1 is 1.56 bits per heavy atom. The lowest BCUT2D eigenvalue weighted by atomic mass is 10.1. The van der Waals surface area contributed by atoms with Crippen LogP contribution in [0.2, 0.25) is 0 Å². The first-order valence-electron chi connectivity index (χ1n) is 5.32. The first-order chi connectivity index (χ1) is 8.41. The number of hydrogen-bond donors (Lipinski definition) is 0. The van der Waals surface area contributed by atoms with Crippen molar-refractivity contribution < 1.29 is 22.7 Å². The predicted molar refractivity (Wildman–Crippen MR) is 64.2 cm³/mol. The van der Waals surface area contributed by atoms with E-state index < -0.39 is 21.1 Å². The summed E-state index contributed by atoms with van der Waals surface area (Å²) in [4.78, 5) is 11.5. The van der Waals surface area contributed by atoms with E-state index in [0.717, 1.165) is 0 Å². The van der Waals surface area contributed by atoms with Crippen LogP contribution in [0.5, 0.6) is 5.75 Å². The molecule has 0 aliphatic carbocycles. The van der Waals surface area contributed by atoms with E-state index in [1.165, 1.54) is 18.2 Å². The van der Waals surface area contributed by atoms with Crippen molar-refractivity contribution in [2.75, 3.05) is 6.61 Å². The van der Waals surface area contributed by atoms with E-state index in [9.17, 15) is 13.2 Å². The second-order valence-corrected chi connectivity index (χ2v) is 6.34. The number of carbonyl (C=O) groups is 1. The van der Waals surface area contributed by atoms with Gasteiger partial charge in [-0.3, -0.25) is 0 Å². The zero-order chi connectivity index (χ0) is 13.3. The summed E-state index contributed by atoms with van der Waals surface area (Å²) >= 11 is 0. The van der Waals surface area contributed by atoms with Crippen LogP contribution in [0.4, 0.5) is 0 Å². The fourth-order valence-electron chi connectivity index (χ4n) is 1.74. The fraction of sp³-hybridized carbons (Fsp3) is 0.364. The average Bonchev–Trinajstić information content (AvgIpc) is 2.70. The number of halogens is 1. The number of ether oxygens (including phenoxy) is 2. The van der Waals surface area contributed by atoms with Crippen LogP contribution in [0.1, 0.15) is 12.5 Å². The Morgan fingerprint density at radius 3 is 2.89 bits per heavy atom. The van der Waals surface area contributed by atoms with Crippen molar-refractivity contribution in [2.24, 2.45) is 0 Å². The zero-order valence-electron chi connectivity index (χ0n) is 9.55. The van der Waals surface area contributed by atoms with Crippen molar-refractivity contribution >= 4 is 25.7 Å². The third-order valence-electron chi connectivity index (χ3n) is 2.54. The summed E-state index contributed by atoms with van der Waals surface area (Å²) in [5.74, 6) is 0.0288. The van der Waals surface area contributed by atoms with Gasteiger partial charge in [0.15, 0.2) is 6.10 Å². The third kappa shape index (κ3) is 2.59. The molecule has 1 atom stereocenters. The summed E-state index contributed by atoms with van der Waals surface area (Å²) in [5.41, 5.74) is 0.634. The van der Waals surface area contributed by atoms with Crippen LogP contribution in [-0.4, -0.2) is 27.1 Å². The molecule has 0 fully saturated rings. The largest absolute Gasteiger partial charge is 0.478 e. The van der Waals surface area contributed by atoms with E-state index in [-0.39, 0.29) is 17.9 Å². The van der Waals surface area contributed by atoms with Crippen LogP contribution < -0.4 is 4.74 Å². The van der Waals surface area contributed by atoms with Gasteiger partial charge in [-0.2, -0.15) is 0 Å². The minimum Gasteiger partial charge on any atom is -0.478 e. The quantitative estimate of drug-likeness (QED) is 0.623. The molecular weight excluding hydrogens is 280 g/mol. The molecule has 2 rings (SSSR count). The zero-order valence-corrected chi connectivity index (χ0v) is 11.1. The van der Waals surface area contributed by atoms with E-state index >= 15 is 0 Å². The minimum absolute atomic E-state index is 0.00368. The molecule has 1 aromatic rings. The van der Waals surface area contributed by atoms with Gasteiger partial charge in [0.2, 0.25) is 0 Å². The number of fused-ring (bicyclic) bond motifs is 1. The van der Waals surface area contributed by atoms with Gasteiger partial charge in [0, 0.05) is 17.1 Å². The highest BCUT2D eigenvalue weighted by atomic mass is 35.7. The Bertz CT molecular complexity index is 581. The molecule has 98 valence electrons. The Balaban J connectivity index is 2.23. The number of esters is 1. The molecule has 0 aromatic heterocycles. The molecule has 0 unspecified atom stereocenters. The van der Waals surface area contributed by atoms with Crippen molar-refractivity contribution in [3.8, 4) is 5.75 Å². The van der Waals surface area contributed by atoms with Crippen LogP contribution >= 0.6 is 10.7 Å². The lowest BCUT2D eigenvalue weighted by molar-refractivity contribution is -0.150. The highest BCUT2D eigenvalue weighted by Crippen LogP contribution is 2.32. The van der Waals surface area contributed by atoms with Gasteiger partial charge in [0.05, 0.1) is 11.5 Å². The summed E-state index contributed by atoms with van der Waals surface area (Å²) in [7, 11) is 1.48. The first-order valence-corrected chi connectivity index (χ1v) is 7.63. The monoisotopic (exact) mass is 290 g/mol. The second kappa shape index (κ2) is 4.78. The molecule has 0 bridgehead atoms. The fourth-order valence-corrected chi connectivity index (χ4v) is 2.54. The van der Waals surface area contributed by atoms with E-state index in [1.54, 1.807) is 6.92 Å². The SMILES string of the molecule is CCOC(=O)[C@H]1Cc2cc(S(=O)(=O)Cl)ccc2O1. The molecule has 7 heteroatoms. The number of hydrogen-bond acceptors (Lipinski definition) is 5. The molecule has 1 aliphatic rings. The smallest absolute Gasteiger partial charge is 0.347 e. The summed E-state index contributed by atoms with van der Waals surface area (Å²) in [6, 6.07) is 4.25. The van der Waals surface area contributed by atoms with Gasteiger partial charge in [0.25, 0.3) is 9.05 Å². The Kier molecular flexibility index (Phi) is 3.49.